The summed E-state index contributed by atoms with van der Waals surface area (Å²) in [6, 6.07) is 9.98. The van der Waals surface area contributed by atoms with E-state index in [4.69, 9.17) is 4.42 Å². The van der Waals surface area contributed by atoms with Gasteiger partial charge in [0.15, 0.2) is 0 Å². The monoisotopic (exact) mass is 449 g/mol. The van der Waals surface area contributed by atoms with Crippen molar-refractivity contribution in [1.82, 2.24) is 14.9 Å². The van der Waals surface area contributed by atoms with Gasteiger partial charge in [-0.15, -0.1) is 0 Å². The number of fused-ring (bicyclic) bond motifs is 1. The zero-order valence-electron chi connectivity index (χ0n) is 17.8. The van der Waals surface area contributed by atoms with Crippen LogP contribution in [0.5, 0.6) is 0 Å². The number of rotatable bonds is 6. The van der Waals surface area contributed by atoms with Gasteiger partial charge < -0.3 is 14.3 Å². The van der Waals surface area contributed by atoms with Crippen LogP contribution >= 0.6 is 0 Å². The van der Waals surface area contributed by atoms with Gasteiger partial charge in [-0.2, -0.15) is 0 Å². The summed E-state index contributed by atoms with van der Waals surface area (Å²) in [6.45, 7) is 1.61. The van der Waals surface area contributed by atoms with Gasteiger partial charge in [0.2, 0.25) is 5.89 Å². The summed E-state index contributed by atoms with van der Waals surface area (Å²) in [5.74, 6) is -0.976. The first-order valence-corrected chi connectivity index (χ1v) is 10.7. The lowest BCUT2D eigenvalue weighted by atomic mass is 9.99. The number of amides is 1. The van der Waals surface area contributed by atoms with Crippen molar-refractivity contribution in [1.29, 1.82) is 0 Å². The third-order valence-electron chi connectivity index (χ3n) is 6.12. The van der Waals surface area contributed by atoms with Gasteiger partial charge >= 0.3 is 0 Å². The maximum Gasteiger partial charge on any atom is 0.262 e. The minimum Gasteiger partial charge on any atom is -0.447 e. The number of carbonyl (C=O) groups is 1. The number of nitrogens with one attached hydrogen (secondary N) is 1. The normalized spacial score (nSPS) is 14.4. The summed E-state index contributed by atoms with van der Waals surface area (Å²) >= 11 is 0. The molecule has 0 saturated heterocycles. The van der Waals surface area contributed by atoms with Crippen LogP contribution in [0.25, 0.3) is 10.8 Å². The molecule has 33 heavy (non-hydrogen) atoms. The Balaban J connectivity index is 1.61. The Kier molecular flexibility index (Phi) is 5.28. The Hall–Kier alpha value is -3.81. The summed E-state index contributed by atoms with van der Waals surface area (Å²) in [4.78, 5) is 30.8. The van der Waals surface area contributed by atoms with Gasteiger partial charge in [-0.1, -0.05) is 24.3 Å². The predicted molar refractivity (Wildman–Crippen MR) is 118 cm³/mol. The standard InChI is InChI=1S/C25H21F2N3O3/c1-14-21(24(31)29-23(15-5-6-15)16-7-9-17(26)10-8-16)18-3-2-4-19(27)22(18)25(32)30(14)13-20-28-11-12-33-20/h2-4,7-12,15,23H,5-6,13H2,1H3,(H,29,31)/t23-/m0/s1. The Bertz CT molecular complexity index is 1390. The van der Waals surface area contributed by atoms with Crippen LogP contribution in [0.3, 0.4) is 0 Å². The Morgan fingerprint density at radius 1 is 1.21 bits per heavy atom. The molecule has 0 aliphatic heterocycles. The van der Waals surface area contributed by atoms with E-state index < -0.39 is 17.3 Å². The summed E-state index contributed by atoms with van der Waals surface area (Å²) in [5.41, 5.74) is 0.826. The molecule has 1 amide bonds. The lowest BCUT2D eigenvalue weighted by Gasteiger charge is -2.22. The van der Waals surface area contributed by atoms with Gasteiger partial charge in [0.1, 0.15) is 24.4 Å². The SMILES string of the molecule is Cc1c(C(=O)N[C@H](c2ccc(F)cc2)C2CC2)c2cccc(F)c2c(=O)n1Cc1ncco1. The van der Waals surface area contributed by atoms with E-state index in [0.29, 0.717) is 5.69 Å². The van der Waals surface area contributed by atoms with Crippen LogP contribution in [0.15, 0.2) is 64.1 Å². The molecule has 2 aromatic heterocycles. The number of carbonyl (C=O) groups excluding carboxylic acids is 1. The molecule has 1 aliphatic rings. The number of benzene rings is 2. The average molecular weight is 449 g/mol. The number of hydrogen-bond acceptors (Lipinski definition) is 4. The fraction of sp³-hybridized carbons (Fsp3) is 0.240. The highest BCUT2D eigenvalue weighted by molar-refractivity contribution is 6.08. The summed E-state index contributed by atoms with van der Waals surface area (Å²) < 4.78 is 34.8. The molecule has 0 radical (unpaired) electrons. The predicted octanol–water partition coefficient (Wildman–Crippen LogP) is 4.51. The molecule has 1 N–H and O–H groups in total. The first kappa shape index (κ1) is 21.1. The van der Waals surface area contributed by atoms with E-state index in [1.165, 1.54) is 41.3 Å². The van der Waals surface area contributed by atoms with Crippen molar-refractivity contribution in [2.45, 2.75) is 32.4 Å². The summed E-state index contributed by atoms with van der Waals surface area (Å²) in [6.07, 6.45) is 4.72. The Morgan fingerprint density at radius 3 is 2.64 bits per heavy atom. The second-order valence-electron chi connectivity index (χ2n) is 8.28. The molecule has 8 heteroatoms. The molecule has 1 fully saturated rings. The van der Waals surface area contributed by atoms with Crippen molar-refractivity contribution in [2.75, 3.05) is 0 Å². The van der Waals surface area contributed by atoms with Gasteiger partial charge in [0.25, 0.3) is 11.5 Å². The van der Waals surface area contributed by atoms with E-state index >= 15 is 0 Å². The van der Waals surface area contributed by atoms with E-state index in [1.54, 1.807) is 25.1 Å². The van der Waals surface area contributed by atoms with Crippen molar-refractivity contribution in [2.24, 2.45) is 5.92 Å². The van der Waals surface area contributed by atoms with Crippen LogP contribution in [-0.4, -0.2) is 15.5 Å². The molecule has 2 heterocycles. The number of halogens is 2. The third kappa shape index (κ3) is 3.92. The zero-order chi connectivity index (χ0) is 23.1. The molecule has 168 valence electrons. The molecule has 1 aliphatic carbocycles. The van der Waals surface area contributed by atoms with Crippen molar-refractivity contribution in [3.05, 3.63) is 99.6 Å². The quantitative estimate of drug-likeness (QED) is 0.470. The highest BCUT2D eigenvalue weighted by atomic mass is 19.1. The lowest BCUT2D eigenvalue weighted by molar-refractivity contribution is 0.0931. The minimum atomic E-state index is -0.704. The molecular formula is C25H21F2N3O3. The van der Waals surface area contributed by atoms with Crippen LogP contribution in [0.2, 0.25) is 0 Å². The van der Waals surface area contributed by atoms with Crippen LogP contribution in [0, 0.1) is 24.5 Å². The molecule has 0 unspecified atom stereocenters. The van der Waals surface area contributed by atoms with Gasteiger partial charge in [-0.3, -0.25) is 9.59 Å². The van der Waals surface area contributed by atoms with Crippen molar-refractivity contribution in [3.8, 4) is 0 Å². The Labute approximate surface area is 187 Å². The molecule has 6 nitrogen and oxygen atoms in total. The van der Waals surface area contributed by atoms with Crippen molar-refractivity contribution in [3.63, 3.8) is 0 Å². The van der Waals surface area contributed by atoms with Crippen LogP contribution in [-0.2, 0) is 6.54 Å². The first-order valence-electron chi connectivity index (χ1n) is 10.7. The molecular weight excluding hydrogens is 428 g/mol. The van der Waals surface area contributed by atoms with E-state index in [0.717, 1.165) is 18.4 Å². The maximum atomic E-state index is 14.8. The number of nitrogens with zero attached hydrogens (tertiary/aromatic N) is 2. The van der Waals surface area contributed by atoms with Gasteiger partial charge in [0, 0.05) is 11.1 Å². The van der Waals surface area contributed by atoms with Crippen molar-refractivity contribution < 1.29 is 18.0 Å². The van der Waals surface area contributed by atoms with Crippen LogP contribution < -0.4 is 10.9 Å². The minimum absolute atomic E-state index is 0.0355. The van der Waals surface area contributed by atoms with E-state index in [-0.39, 0.29) is 46.5 Å². The van der Waals surface area contributed by atoms with E-state index in [2.05, 4.69) is 10.3 Å². The molecule has 2 aromatic carbocycles. The zero-order valence-corrected chi connectivity index (χ0v) is 17.8. The van der Waals surface area contributed by atoms with Gasteiger partial charge in [0.05, 0.1) is 23.2 Å². The van der Waals surface area contributed by atoms with Crippen LogP contribution in [0.4, 0.5) is 8.78 Å². The number of hydrogen-bond donors (Lipinski definition) is 1. The number of pyridine rings is 1. The highest BCUT2D eigenvalue weighted by Crippen LogP contribution is 2.41. The molecule has 4 aromatic rings. The second-order valence-corrected chi connectivity index (χ2v) is 8.28. The average Bonchev–Trinajstić information content (AvgIpc) is 3.51. The number of oxazole rings is 1. The van der Waals surface area contributed by atoms with Crippen LogP contribution in [0.1, 0.15) is 46.4 Å². The maximum absolute atomic E-state index is 14.8. The first-order chi connectivity index (χ1) is 15.9. The third-order valence-corrected chi connectivity index (χ3v) is 6.12. The van der Waals surface area contributed by atoms with E-state index in [9.17, 15) is 18.4 Å². The molecule has 1 saturated carbocycles. The second kappa shape index (κ2) is 8.27. The molecule has 1 atom stereocenters. The molecule has 0 spiro atoms. The van der Waals surface area contributed by atoms with Gasteiger partial charge in [-0.25, -0.2) is 13.8 Å². The Morgan fingerprint density at radius 2 is 1.97 bits per heavy atom. The largest absolute Gasteiger partial charge is 0.447 e. The summed E-state index contributed by atoms with van der Waals surface area (Å²) in [7, 11) is 0. The molecule has 0 bridgehead atoms. The highest BCUT2D eigenvalue weighted by Gasteiger charge is 2.34. The fourth-order valence-electron chi connectivity index (χ4n) is 4.30. The van der Waals surface area contributed by atoms with Gasteiger partial charge in [-0.05, 0) is 49.4 Å². The lowest BCUT2D eigenvalue weighted by Crippen LogP contribution is -2.34. The fourth-order valence-corrected chi connectivity index (χ4v) is 4.30. The van der Waals surface area contributed by atoms with E-state index in [1.807, 2.05) is 0 Å². The smallest absolute Gasteiger partial charge is 0.262 e. The van der Waals surface area contributed by atoms with Crippen molar-refractivity contribution >= 4 is 16.7 Å². The topological polar surface area (TPSA) is 77.1 Å². The molecule has 5 rings (SSSR count). The summed E-state index contributed by atoms with van der Waals surface area (Å²) in [5, 5.41) is 3.13. The number of aromatic nitrogens is 2.